The number of rotatable bonds is 15. The second-order valence-electron chi connectivity index (χ2n) is 8.99. The Morgan fingerprint density at radius 3 is 2.14 bits per heavy atom. The maximum absolute atomic E-state index is 13.3. The first-order chi connectivity index (χ1) is 17.1. The second kappa shape index (κ2) is 14.1. The van der Waals surface area contributed by atoms with Gasteiger partial charge in [-0.2, -0.15) is 0 Å². The molecule has 0 radical (unpaired) electrons. The van der Waals surface area contributed by atoms with Crippen LogP contribution in [0, 0.1) is 0 Å². The van der Waals surface area contributed by atoms with Gasteiger partial charge in [0.25, 0.3) is 0 Å². The topological polar surface area (TPSA) is 73.9 Å². The van der Waals surface area contributed by atoms with Gasteiger partial charge >= 0.3 is 7.60 Å². The van der Waals surface area contributed by atoms with E-state index in [-0.39, 0.29) is 17.9 Å². The van der Waals surface area contributed by atoms with Crippen molar-refractivity contribution in [2.24, 2.45) is 0 Å². The van der Waals surface area contributed by atoms with E-state index in [1.807, 2.05) is 19.1 Å². The predicted molar refractivity (Wildman–Crippen MR) is 140 cm³/mol. The average Bonchev–Trinajstić information content (AvgIpc) is 2.90. The lowest BCUT2D eigenvalue weighted by atomic mass is 9.79. The monoisotopic (exact) mass is 501 g/mol. The van der Waals surface area contributed by atoms with Crippen molar-refractivity contribution in [3.8, 4) is 0 Å². The molecule has 1 unspecified atom stereocenters. The van der Waals surface area contributed by atoms with Crippen LogP contribution in [0.5, 0.6) is 0 Å². The van der Waals surface area contributed by atoms with E-state index >= 15 is 0 Å². The Hall–Kier alpha value is -1.82. The van der Waals surface area contributed by atoms with Crippen LogP contribution >= 0.6 is 7.60 Å². The third-order valence-corrected chi connectivity index (χ3v) is 8.92. The minimum Gasteiger partial charge on any atom is -0.374 e. The number of unbranched alkanes of at least 4 members (excludes halogenated alkanes) is 1. The molecule has 1 saturated heterocycles. The largest absolute Gasteiger partial charge is 0.374 e. The van der Waals surface area contributed by atoms with Crippen LogP contribution in [-0.4, -0.2) is 44.4 Å². The van der Waals surface area contributed by atoms with Gasteiger partial charge in [-0.1, -0.05) is 80.4 Å². The molecule has 3 rings (SSSR count). The minimum atomic E-state index is -3.46. The Balaban J connectivity index is 1.68. The normalized spacial score (nSPS) is 16.6. The number of hydrogen-bond donors (Lipinski definition) is 1. The van der Waals surface area contributed by atoms with Crippen molar-refractivity contribution in [3.63, 3.8) is 0 Å². The smallest absolute Gasteiger partial charge is 0.341 e. The molecule has 0 bridgehead atoms. The van der Waals surface area contributed by atoms with Crippen LogP contribution in [0.2, 0.25) is 0 Å². The van der Waals surface area contributed by atoms with Gasteiger partial charge in [0.2, 0.25) is 0 Å². The number of nitrogens with one attached hydrogen (secondary N) is 1. The number of benzene rings is 2. The first kappa shape index (κ1) is 27.8. The molecule has 1 N–H and O–H groups in total. The van der Waals surface area contributed by atoms with E-state index < -0.39 is 13.3 Å². The highest BCUT2D eigenvalue weighted by Crippen LogP contribution is 2.56. The fraction of sp³-hybridized carbons (Fsp3) is 0.536. The van der Waals surface area contributed by atoms with E-state index in [4.69, 9.17) is 13.8 Å². The zero-order chi connectivity index (χ0) is 25.0. The molecule has 192 valence electrons. The van der Waals surface area contributed by atoms with Crippen LogP contribution in [0.25, 0.3) is 0 Å². The molecule has 2 aromatic carbocycles. The third kappa shape index (κ3) is 7.34. The molecule has 1 heterocycles. The van der Waals surface area contributed by atoms with Crippen molar-refractivity contribution in [1.29, 1.82) is 0 Å². The molecule has 1 atom stereocenters. The van der Waals surface area contributed by atoms with Crippen molar-refractivity contribution in [1.82, 2.24) is 5.32 Å². The molecule has 1 fully saturated rings. The molecule has 1 aliphatic heterocycles. The van der Waals surface area contributed by atoms with E-state index in [0.717, 1.165) is 32.2 Å². The molecule has 7 heteroatoms. The molecule has 1 aliphatic rings. The number of ether oxygens (including phenoxy) is 1. The van der Waals surface area contributed by atoms with Gasteiger partial charge in [-0.25, -0.2) is 0 Å². The standard InChI is InChI=1S/C28H40NO5P/c1-3-19-28(24-14-7-5-8-15-24,25-16-9-6-10-17-25)29-20-12-11-18-27(26(30)23-32-4-2)35(31)33-21-13-22-34-35/h5-10,14-17,27,29H,3-4,11-13,18-23H2,1-2H3. The lowest BCUT2D eigenvalue weighted by molar-refractivity contribution is -0.123. The SMILES string of the molecule is CCCC(NCCCCC(C(=O)COCC)P1(=O)OCCCO1)(c1ccccc1)c1ccccc1. The quantitative estimate of drug-likeness (QED) is 0.235. The summed E-state index contributed by atoms with van der Waals surface area (Å²) in [6, 6.07) is 21.2. The van der Waals surface area contributed by atoms with Gasteiger partial charge in [0.1, 0.15) is 12.3 Å². The lowest BCUT2D eigenvalue weighted by Crippen LogP contribution is -2.44. The van der Waals surface area contributed by atoms with E-state index in [1.165, 1.54) is 11.1 Å². The Bertz CT molecular complexity index is 887. The van der Waals surface area contributed by atoms with Crippen LogP contribution < -0.4 is 5.32 Å². The first-order valence-electron chi connectivity index (χ1n) is 12.9. The zero-order valence-electron chi connectivity index (χ0n) is 21.1. The Labute approximate surface area is 210 Å². The zero-order valence-corrected chi connectivity index (χ0v) is 22.0. The van der Waals surface area contributed by atoms with Crippen LogP contribution in [0.1, 0.15) is 63.5 Å². The highest BCUT2D eigenvalue weighted by Gasteiger charge is 2.42. The van der Waals surface area contributed by atoms with Crippen LogP contribution in [0.4, 0.5) is 0 Å². The van der Waals surface area contributed by atoms with Crippen molar-refractivity contribution in [2.75, 3.05) is 33.0 Å². The molecule has 35 heavy (non-hydrogen) atoms. The van der Waals surface area contributed by atoms with Gasteiger partial charge in [-0.05, 0) is 50.3 Å². The second-order valence-corrected chi connectivity index (χ2v) is 11.2. The Morgan fingerprint density at radius 1 is 1.00 bits per heavy atom. The summed E-state index contributed by atoms with van der Waals surface area (Å²) in [5.41, 5.74) is 1.43. The van der Waals surface area contributed by atoms with E-state index in [1.54, 1.807) is 0 Å². The maximum atomic E-state index is 13.3. The van der Waals surface area contributed by atoms with Gasteiger partial charge in [-0.3, -0.25) is 9.36 Å². The molecule has 0 spiro atoms. The third-order valence-electron chi connectivity index (χ3n) is 6.52. The summed E-state index contributed by atoms with van der Waals surface area (Å²) in [5, 5.41) is 3.85. The van der Waals surface area contributed by atoms with Crippen LogP contribution in [0.15, 0.2) is 60.7 Å². The molecule has 2 aromatic rings. The summed E-state index contributed by atoms with van der Waals surface area (Å²) in [5.74, 6) is -0.195. The van der Waals surface area contributed by atoms with E-state index in [2.05, 4.69) is 60.8 Å². The van der Waals surface area contributed by atoms with Gasteiger partial charge in [0, 0.05) is 6.61 Å². The highest BCUT2D eigenvalue weighted by atomic mass is 31.2. The molecule has 0 saturated carbocycles. The fourth-order valence-electron chi connectivity index (χ4n) is 4.79. The van der Waals surface area contributed by atoms with Crippen molar-refractivity contribution in [3.05, 3.63) is 71.8 Å². The molecule has 0 amide bonds. The first-order valence-corrected chi connectivity index (χ1v) is 14.5. The molecule has 0 aliphatic carbocycles. The number of Topliss-reactive ketones (excluding diaryl/α,β-unsaturated/α-hetero) is 1. The summed E-state index contributed by atoms with van der Waals surface area (Å²) in [6.45, 7) is 5.92. The van der Waals surface area contributed by atoms with Gasteiger partial charge in [0.15, 0.2) is 5.78 Å². The summed E-state index contributed by atoms with van der Waals surface area (Å²) < 4.78 is 29.7. The number of carbonyl (C=O) groups excluding carboxylic acids is 1. The maximum Gasteiger partial charge on any atom is 0.341 e. The van der Waals surface area contributed by atoms with Gasteiger partial charge in [-0.15, -0.1) is 0 Å². The summed E-state index contributed by atoms with van der Waals surface area (Å²) in [7, 11) is -3.46. The number of ketones is 1. The number of carbonyl (C=O) groups is 1. The van der Waals surface area contributed by atoms with Crippen LogP contribution in [-0.2, 0) is 28.7 Å². The van der Waals surface area contributed by atoms with E-state index in [0.29, 0.717) is 32.7 Å². The fourth-order valence-corrected chi connectivity index (χ4v) is 6.91. The van der Waals surface area contributed by atoms with Crippen molar-refractivity contribution < 1.29 is 23.1 Å². The van der Waals surface area contributed by atoms with E-state index in [9.17, 15) is 9.36 Å². The summed E-state index contributed by atoms with van der Waals surface area (Å²) >= 11 is 0. The lowest BCUT2D eigenvalue weighted by Gasteiger charge is -2.36. The van der Waals surface area contributed by atoms with Crippen LogP contribution in [0.3, 0.4) is 0 Å². The molecular weight excluding hydrogens is 461 g/mol. The molecule has 6 nitrogen and oxygen atoms in total. The minimum absolute atomic E-state index is 0.0578. The Morgan fingerprint density at radius 2 is 1.60 bits per heavy atom. The van der Waals surface area contributed by atoms with Crippen molar-refractivity contribution >= 4 is 13.4 Å². The van der Waals surface area contributed by atoms with Gasteiger partial charge in [0.05, 0.1) is 18.8 Å². The molecular formula is C28H40NO5P. The molecule has 0 aromatic heterocycles. The predicted octanol–water partition coefficient (Wildman–Crippen LogP) is 6.09. The van der Waals surface area contributed by atoms with Crippen molar-refractivity contribution in [2.45, 2.75) is 63.6 Å². The van der Waals surface area contributed by atoms with Gasteiger partial charge < -0.3 is 19.1 Å². The number of hydrogen-bond acceptors (Lipinski definition) is 6. The highest BCUT2D eigenvalue weighted by molar-refractivity contribution is 7.55. The summed E-state index contributed by atoms with van der Waals surface area (Å²) in [6.07, 6.45) is 4.72. The summed E-state index contributed by atoms with van der Waals surface area (Å²) in [4.78, 5) is 12.8. The average molecular weight is 502 g/mol. The Kier molecular flexibility index (Phi) is 11.1.